The molecule has 0 radical (unpaired) electrons. The molecule has 16 heavy (non-hydrogen) atoms. The molecule has 0 bridgehead atoms. The molecule has 0 aliphatic rings. The largest absolute Gasteiger partial charge is 0.379 e. The minimum absolute atomic E-state index is 0.0412. The van der Waals surface area contributed by atoms with Gasteiger partial charge in [-0.2, -0.15) is 0 Å². The van der Waals surface area contributed by atoms with Crippen LogP contribution >= 0.6 is 11.6 Å². The van der Waals surface area contributed by atoms with Gasteiger partial charge in [0.05, 0.1) is 0 Å². The van der Waals surface area contributed by atoms with E-state index in [1.165, 1.54) is 0 Å². The van der Waals surface area contributed by atoms with Crippen LogP contribution < -0.4 is 11.1 Å². The minimum atomic E-state index is -0.0616. The van der Waals surface area contributed by atoms with Crippen molar-refractivity contribution in [2.24, 2.45) is 0 Å². The van der Waals surface area contributed by atoms with Crippen LogP contribution in [0.2, 0.25) is 5.15 Å². The average Bonchev–Trinajstić information content (AvgIpc) is 2.64. The Morgan fingerprint density at radius 2 is 2.25 bits per heavy atom. The number of nitrogens with two attached hydrogens (primary N) is 1. The van der Waals surface area contributed by atoms with Crippen molar-refractivity contribution in [1.29, 1.82) is 5.41 Å². The fourth-order valence-electron chi connectivity index (χ4n) is 1.03. The summed E-state index contributed by atoms with van der Waals surface area (Å²) in [5.41, 5.74) is 5.56. The summed E-state index contributed by atoms with van der Waals surface area (Å²) in [6, 6.07) is 4.99. The lowest BCUT2D eigenvalue weighted by Crippen LogP contribution is -2.15. The third-order valence-corrected chi connectivity index (χ3v) is 1.93. The average molecular weight is 239 g/mol. The molecule has 2 rings (SSSR count). The highest BCUT2D eigenvalue weighted by Crippen LogP contribution is 2.11. The van der Waals surface area contributed by atoms with E-state index in [0.717, 1.165) is 0 Å². The number of aromatic nitrogens is 3. The Bertz CT molecular complexity index is 525. The fraction of sp³-hybridized carbons (Fsp3) is 0. The van der Waals surface area contributed by atoms with Gasteiger partial charge in [-0.25, -0.2) is 9.61 Å². The van der Waals surface area contributed by atoms with E-state index in [4.69, 9.17) is 22.7 Å². The Morgan fingerprint density at radius 1 is 1.44 bits per heavy atom. The van der Waals surface area contributed by atoms with Gasteiger partial charge >= 0.3 is 0 Å². The van der Waals surface area contributed by atoms with Crippen molar-refractivity contribution in [2.75, 3.05) is 11.1 Å². The van der Waals surface area contributed by atoms with Gasteiger partial charge in [-0.15, -0.1) is 0 Å². The van der Waals surface area contributed by atoms with Crippen molar-refractivity contribution in [1.82, 2.24) is 15.3 Å². The molecule has 0 aliphatic heterocycles. The molecule has 2 heterocycles. The van der Waals surface area contributed by atoms with Crippen LogP contribution in [0.5, 0.6) is 0 Å². The monoisotopic (exact) mass is 238 g/mol. The number of nitrogens with zero attached hydrogens (tertiary/aromatic N) is 3. The first kappa shape index (κ1) is 10.4. The molecule has 7 nitrogen and oxygen atoms in total. The normalized spacial score (nSPS) is 10.1. The number of anilines is 2. The summed E-state index contributed by atoms with van der Waals surface area (Å²) < 4.78 is 4.38. The molecular formula is C8H7ClN6O. The number of rotatable bonds is 2. The molecule has 0 unspecified atom stereocenters. The molecule has 0 amide bonds. The second kappa shape index (κ2) is 4.15. The topological polar surface area (TPSA) is 114 Å². The van der Waals surface area contributed by atoms with Gasteiger partial charge in [-0.1, -0.05) is 17.7 Å². The number of halogens is 1. The summed E-state index contributed by atoms with van der Waals surface area (Å²) in [5, 5.41) is 17.5. The molecule has 0 saturated heterocycles. The van der Waals surface area contributed by atoms with Gasteiger partial charge in [0.15, 0.2) is 17.3 Å². The van der Waals surface area contributed by atoms with E-state index >= 15 is 0 Å². The van der Waals surface area contributed by atoms with Gasteiger partial charge < -0.3 is 11.1 Å². The van der Waals surface area contributed by atoms with Crippen LogP contribution in [0.3, 0.4) is 0 Å². The second-order valence-electron chi connectivity index (χ2n) is 2.84. The fourth-order valence-corrected chi connectivity index (χ4v) is 1.20. The summed E-state index contributed by atoms with van der Waals surface area (Å²) in [4.78, 5) is 3.95. The number of amidine groups is 1. The Hall–Kier alpha value is -2.15. The predicted octanol–water partition coefficient (Wildman–Crippen LogP) is 1.14. The maximum atomic E-state index is 7.66. The van der Waals surface area contributed by atoms with Crippen molar-refractivity contribution < 1.29 is 4.63 Å². The third kappa shape index (κ3) is 2.09. The molecule has 4 N–H and O–H groups in total. The van der Waals surface area contributed by atoms with E-state index in [9.17, 15) is 0 Å². The van der Waals surface area contributed by atoms with E-state index in [-0.39, 0.29) is 17.3 Å². The van der Waals surface area contributed by atoms with Crippen molar-refractivity contribution in [2.45, 2.75) is 0 Å². The quantitative estimate of drug-likeness (QED) is 0.411. The summed E-state index contributed by atoms with van der Waals surface area (Å²) in [5.74, 6) is 0.396. The summed E-state index contributed by atoms with van der Waals surface area (Å²) in [7, 11) is 0. The molecular weight excluding hydrogens is 232 g/mol. The number of hydrogen-bond acceptors (Lipinski definition) is 6. The van der Waals surface area contributed by atoms with Crippen LogP contribution in [0.4, 0.5) is 11.6 Å². The predicted molar refractivity (Wildman–Crippen MR) is 58.4 cm³/mol. The van der Waals surface area contributed by atoms with Crippen LogP contribution in [-0.2, 0) is 0 Å². The lowest BCUT2D eigenvalue weighted by Gasteiger charge is -2.03. The van der Waals surface area contributed by atoms with Crippen molar-refractivity contribution in [3.63, 3.8) is 0 Å². The molecule has 8 heteroatoms. The van der Waals surface area contributed by atoms with E-state index in [1.807, 2.05) is 0 Å². The molecule has 0 saturated carbocycles. The standard InChI is InChI=1S/C8H7ClN6O/c9-4-2-1-3-5(12-4)13-7(10)6-8(11)15-16-14-6/h1-3H,(H2,11,15)(H2,10,12,13). The third-order valence-electron chi connectivity index (χ3n) is 1.72. The van der Waals surface area contributed by atoms with Crippen LogP contribution in [0.1, 0.15) is 5.69 Å². The Labute approximate surface area is 95.1 Å². The lowest BCUT2D eigenvalue weighted by molar-refractivity contribution is 0.308. The number of nitrogens with one attached hydrogen (secondary N) is 2. The summed E-state index contributed by atoms with van der Waals surface area (Å²) >= 11 is 5.69. The Kier molecular flexibility index (Phi) is 2.69. The maximum Gasteiger partial charge on any atom is 0.199 e. The first-order chi connectivity index (χ1) is 7.66. The van der Waals surface area contributed by atoms with Gasteiger partial charge in [-0.3, -0.25) is 5.41 Å². The first-order valence-electron chi connectivity index (χ1n) is 4.23. The zero-order chi connectivity index (χ0) is 11.5. The molecule has 2 aromatic rings. The highest BCUT2D eigenvalue weighted by atomic mass is 35.5. The molecule has 0 fully saturated rings. The van der Waals surface area contributed by atoms with Crippen LogP contribution in [0.15, 0.2) is 22.8 Å². The van der Waals surface area contributed by atoms with Gasteiger partial charge in [0, 0.05) is 0 Å². The number of pyridine rings is 1. The molecule has 0 aliphatic carbocycles. The van der Waals surface area contributed by atoms with Crippen LogP contribution in [0.25, 0.3) is 0 Å². The number of nitrogen functional groups attached to an aromatic ring is 1. The van der Waals surface area contributed by atoms with Gasteiger partial charge in [0.25, 0.3) is 0 Å². The molecule has 0 aromatic carbocycles. The minimum Gasteiger partial charge on any atom is -0.379 e. The Balaban J connectivity index is 2.17. The first-order valence-corrected chi connectivity index (χ1v) is 4.61. The molecule has 0 atom stereocenters. The lowest BCUT2D eigenvalue weighted by atomic mass is 10.4. The molecule has 0 spiro atoms. The zero-order valence-corrected chi connectivity index (χ0v) is 8.69. The van der Waals surface area contributed by atoms with E-state index < -0.39 is 0 Å². The van der Waals surface area contributed by atoms with Crippen LogP contribution in [0, 0.1) is 5.41 Å². The summed E-state index contributed by atoms with van der Waals surface area (Å²) in [6.07, 6.45) is 0. The smallest absolute Gasteiger partial charge is 0.199 e. The highest BCUT2D eigenvalue weighted by Gasteiger charge is 2.12. The van der Waals surface area contributed by atoms with Crippen molar-refractivity contribution >= 4 is 29.1 Å². The van der Waals surface area contributed by atoms with E-state index in [2.05, 4.69) is 25.2 Å². The maximum absolute atomic E-state index is 7.66. The van der Waals surface area contributed by atoms with E-state index in [0.29, 0.717) is 11.0 Å². The van der Waals surface area contributed by atoms with Gasteiger partial charge in [-0.05, 0) is 22.4 Å². The zero-order valence-electron chi connectivity index (χ0n) is 7.94. The summed E-state index contributed by atoms with van der Waals surface area (Å²) in [6.45, 7) is 0. The van der Waals surface area contributed by atoms with Gasteiger partial charge in [0.2, 0.25) is 0 Å². The molecule has 82 valence electrons. The van der Waals surface area contributed by atoms with Crippen molar-refractivity contribution in [3.8, 4) is 0 Å². The molecule has 2 aromatic heterocycles. The van der Waals surface area contributed by atoms with E-state index in [1.54, 1.807) is 18.2 Å². The van der Waals surface area contributed by atoms with Crippen molar-refractivity contribution in [3.05, 3.63) is 29.0 Å². The highest BCUT2D eigenvalue weighted by molar-refractivity contribution is 6.29. The second-order valence-corrected chi connectivity index (χ2v) is 3.23. The van der Waals surface area contributed by atoms with Crippen LogP contribution in [-0.4, -0.2) is 21.1 Å². The van der Waals surface area contributed by atoms with Gasteiger partial charge in [0.1, 0.15) is 11.0 Å². The Morgan fingerprint density at radius 3 is 2.88 bits per heavy atom. The number of hydrogen-bond donors (Lipinski definition) is 3. The SMILES string of the molecule is N=C(Nc1cccc(Cl)n1)c1nonc1N.